The summed E-state index contributed by atoms with van der Waals surface area (Å²) in [4.78, 5) is 12.2. The Morgan fingerprint density at radius 1 is 1.33 bits per heavy atom. The number of hydrogen-bond donors (Lipinski definition) is 1. The molecular weight excluding hydrogens is 294 g/mol. The minimum Gasteiger partial charge on any atom is -0.487 e. The number of hydrogen-bond acceptors (Lipinski definition) is 4. The van der Waals surface area contributed by atoms with E-state index in [2.05, 4.69) is 5.32 Å². The third kappa shape index (κ3) is 5.53. The van der Waals surface area contributed by atoms with Gasteiger partial charge in [0.25, 0.3) is 5.91 Å². The summed E-state index contributed by atoms with van der Waals surface area (Å²) in [6, 6.07) is 5.20. The first-order valence-corrected chi connectivity index (χ1v) is 7.34. The van der Waals surface area contributed by atoms with Gasteiger partial charge in [0, 0.05) is 13.7 Å². The van der Waals surface area contributed by atoms with Crippen LogP contribution in [-0.4, -0.2) is 38.9 Å². The molecule has 0 radical (unpaired) electrons. The number of para-hydroxylation sites is 1. The highest BCUT2D eigenvalue weighted by Gasteiger charge is 2.19. The van der Waals surface area contributed by atoms with Gasteiger partial charge in [-0.3, -0.25) is 4.79 Å². The van der Waals surface area contributed by atoms with Crippen LogP contribution in [-0.2, 0) is 14.3 Å². The van der Waals surface area contributed by atoms with Crippen molar-refractivity contribution >= 4 is 23.2 Å². The van der Waals surface area contributed by atoms with Gasteiger partial charge in [0.05, 0.1) is 17.3 Å². The Balaban J connectivity index is 2.81. The fraction of sp³-hybridized carbons (Fsp3) is 0.533. The quantitative estimate of drug-likeness (QED) is 0.711. The molecule has 1 amide bonds. The van der Waals surface area contributed by atoms with Crippen LogP contribution in [0.15, 0.2) is 18.2 Å². The molecule has 6 heteroatoms. The largest absolute Gasteiger partial charge is 0.487 e. The molecule has 5 nitrogen and oxygen atoms in total. The van der Waals surface area contributed by atoms with Crippen molar-refractivity contribution in [3.05, 3.63) is 23.2 Å². The Morgan fingerprint density at radius 3 is 2.71 bits per heavy atom. The van der Waals surface area contributed by atoms with Crippen LogP contribution in [0, 0.1) is 0 Å². The Labute approximate surface area is 130 Å². The Bertz CT molecular complexity index is 453. The van der Waals surface area contributed by atoms with Gasteiger partial charge in [-0.1, -0.05) is 24.6 Å². The number of ether oxygens (including phenoxy) is 3. The van der Waals surface area contributed by atoms with Gasteiger partial charge >= 0.3 is 0 Å². The molecule has 0 aromatic heterocycles. The van der Waals surface area contributed by atoms with Crippen LogP contribution in [0.25, 0.3) is 0 Å². The van der Waals surface area contributed by atoms with Crippen LogP contribution < -0.4 is 10.1 Å². The van der Waals surface area contributed by atoms with E-state index in [0.29, 0.717) is 42.7 Å². The highest BCUT2D eigenvalue weighted by Crippen LogP contribution is 2.33. The molecule has 1 aromatic carbocycles. The van der Waals surface area contributed by atoms with Crippen molar-refractivity contribution in [3.8, 4) is 5.75 Å². The molecule has 0 aliphatic carbocycles. The zero-order valence-electron chi connectivity index (χ0n) is 12.6. The molecule has 0 heterocycles. The lowest BCUT2D eigenvalue weighted by Gasteiger charge is -2.17. The molecule has 0 spiro atoms. The van der Waals surface area contributed by atoms with Crippen molar-refractivity contribution in [1.82, 2.24) is 0 Å². The SMILES string of the molecule is CCOC(CC)C(=O)Nc1cccc(Cl)c1OCCOC. The lowest BCUT2D eigenvalue weighted by molar-refractivity contribution is -0.127. The van der Waals surface area contributed by atoms with Gasteiger partial charge < -0.3 is 19.5 Å². The maximum Gasteiger partial charge on any atom is 0.253 e. The molecule has 0 bridgehead atoms. The highest BCUT2D eigenvalue weighted by molar-refractivity contribution is 6.32. The maximum atomic E-state index is 12.2. The van der Waals surface area contributed by atoms with Crippen LogP contribution in [0.2, 0.25) is 5.02 Å². The summed E-state index contributed by atoms with van der Waals surface area (Å²) in [6.07, 6.45) is 0.112. The molecule has 0 aliphatic heterocycles. The van der Waals surface area contributed by atoms with Gasteiger partial charge in [-0.2, -0.15) is 0 Å². The minimum absolute atomic E-state index is 0.210. The van der Waals surface area contributed by atoms with Gasteiger partial charge in [-0.05, 0) is 25.5 Å². The lowest BCUT2D eigenvalue weighted by Crippen LogP contribution is -2.30. The van der Waals surface area contributed by atoms with Crippen LogP contribution in [0.1, 0.15) is 20.3 Å². The Hall–Kier alpha value is -1.30. The second-order valence-corrected chi connectivity index (χ2v) is 4.71. The molecule has 1 aromatic rings. The van der Waals surface area contributed by atoms with Gasteiger partial charge in [0.2, 0.25) is 0 Å². The summed E-state index contributed by atoms with van der Waals surface area (Å²) >= 11 is 6.12. The van der Waals surface area contributed by atoms with Crippen molar-refractivity contribution < 1.29 is 19.0 Å². The predicted molar refractivity (Wildman–Crippen MR) is 83.2 cm³/mol. The van der Waals surface area contributed by atoms with E-state index in [4.69, 9.17) is 25.8 Å². The first-order valence-electron chi connectivity index (χ1n) is 6.96. The molecule has 0 aliphatic rings. The van der Waals surface area contributed by atoms with Crippen LogP contribution >= 0.6 is 11.6 Å². The molecule has 118 valence electrons. The minimum atomic E-state index is -0.485. The maximum absolute atomic E-state index is 12.2. The standard InChI is InChI=1S/C15H22ClNO4/c1-4-13(20-5-2)15(18)17-12-8-6-7-11(16)14(12)21-10-9-19-3/h6-8,13H,4-5,9-10H2,1-3H3,(H,17,18). The van der Waals surface area contributed by atoms with E-state index in [9.17, 15) is 4.79 Å². The average molecular weight is 316 g/mol. The number of amides is 1. The smallest absolute Gasteiger partial charge is 0.253 e. The Morgan fingerprint density at radius 2 is 2.10 bits per heavy atom. The van der Waals surface area contributed by atoms with E-state index in [-0.39, 0.29) is 5.91 Å². The van der Waals surface area contributed by atoms with Gasteiger partial charge in [0.15, 0.2) is 5.75 Å². The molecule has 0 saturated heterocycles. The first-order chi connectivity index (χ1) is 10.1. The summed E-state index contributed by atoms with van der Waals surface area (Å²) in [7, 11) is 1.59. The molecule has 1 atom stereocenters. The van der Waals surface area contributed by atoms with E-state index < -0.39 is 6.10 Å². The van der Waals surface area contributed by atoms with Gasteiger partial charge in [0.1, 0.15) is 12.7 Å². The second kappa shape index (κ2) is 9.60. The topological polar surface area (TPSA) is 56.8 Å². The number of carbonyl (C=O) groups is 1. The number of benzene rings is 1. The van der Waals surface area contributed by atoms with Crippen molar-refractivity contribution in [2.24, 2.45) is 0 Å². The number of anilines is 1. The van der Waals surface area contributed by atoms with Crippen molar-refractivity contribution in [3.63, 3.8) is 0 Å². The zero-order valence-corrected chi connectivity index (χ0v) is 13.4. The third-order valence-corrected chi connectivity index (χ3v) is 3.09. The van der Waals surface area contributed by atoms with E-state index >= 15 is 0 Å². The monoisotopic (exact) mass is 315 g/mol. The van der Waals surface area contributed by atoms with Crippen LogP contribution in [0.5, 0.6) is 5.75 Å². The van der Waals surface area contributed by atoms with E-state index in [1.807, 2.05) is 13.8 Å². The highest BCUT2D eigenvalue weighted by atomic mass is 35.5. The lowest BCUT2D eigenvalue weighted by atomic mass is 10.2. The summed E-state index contributed by atoms with van der Waals surface area (Å²) < 4.78 is 15.9. The van der Waals surface area contributed by atoms with Gasteiger partial charge in [-0.15, -0.1) is 0 Å². The fourth-order valence-electron chi connectivity index (χ4n) is 1.77. The van der Waals surface area contributed by atoms with Crippen molar-refractivity contribution in [2.75, 3.05) is 32.2 Å². The Kier molecular flexibility index (Phi) is 8.12. The number of nitrogens with one attached hydrogen (secondary N) is 1. The molecule has 1 N–H and O–H groups in total. The normalized spacial score (nSPS) is 12.0. The van der Waals surface area contributed by atoms with E-state index in [1.54, 1.807) is 25.3 Å². The molecule has 1 rings (SSSR count). The number of rotatable bonds is 9. The molecule has 0 fully saturated rings. The van der Waals surface area contributed by atoms with Gasteiger partial charge in [-0.25, -0.2) is 0 Å². The molecule has 1 unspecified atom stereocenters. The summed E-state index contributed by atoms with van der Waals surface area (Å²) in [6.45, 7) is 5.03. The second-order valence-electron chi connectivity index (χ2n) is 4.30. The predicted octanol–water partition coefficient (Wildman–Crippen LogP) is 3.12. The van der Waals surface area contributed by atoms with Crippen LogP contribution in [0.3, 0.4) is 0 Å². The number of halogens is 1. The average Bonchev–Trinajstić information content (AvgIpc) is 2.47. The molecule has 0 saturated carbocycles. The summed E-state index contributed by atoms with van der Waals surface area (Å²) in [5.74, 6) is 0.231. The van der Waals surface area contributed by atoms with Crippen LogP contribution in [0.4, 0.5) is 5.69 Å². The van der Waals surface area contributed by atoms with E-state index in [0.717, 1.165) is 0 Å². The first kappa shape index (κ1) is 17.8. The molecular formula is C15H22ClNO4. The van der Waals surface area contributed by atoms with Crippen molar-refractivity contribution in [1.29, 1.82) is 0 Å². The summed E-state index contributed by atoms with van der Waals surface area (Å²) in [5, 5.41) is 3.24. The third-order valence-electron chi connectivity index (χ3n) is 2.79. The summed E-state index contributed by atoms with van der Waals surface area (Å²) in [5.41, 5.74) is 0.529. The fourth-order valence-corrected chi connectivity index (χ4v) is 2.00. The number of methoxy groups -OCH3 is 1. The number of carbonyl (C=O) groups excluding carboxylic acids is 1. The van der Waals surface area contributed by atoms with Crippen molar-refractivity contribution in [2.45, 2.75) is 26.4 Å². The molecule has 21 heavy (non-hydrogen) atoms. The zero-order chi connectivity index (χ0) is 15.7. The van der Waals surface area contributed by atoms with E-state index in [1.165, 1.54) is 0 Å².